The Balaban J connectivity index is 1.95. The summed E-state index contributed by atoms with van der Waals surface area (Å²) in [4.78, 5) is 23.6. The molecule has 138 valence electrons. The molecule has 1 amide bonds. The smallest absolute Gasteiger partial charge is 0.303 e. The van der Waals surface area contributed by atoms with Crippen LogP contribution in [0.5, 0.6) is 0 Å². The van der Waals surface area contributed by atoms with Gasteiger partial charge in [-0.1, -0.05) is 39.7 Å². The van der Waals surface area contributed by atoms with Gasteiger partial charge in [0.2, 0.25) is 0 Å². The minimum atomic E-state index is -0.893. The normalized spacial score (nSPS) is 10.6. The average Bonchev–Trinajstić information content (AvgIpc) is 3.03. The number of nitrogens with one attached hydrogen (secondary N) is 1. The Labute approximate surface area is 169 Å². The fourth-order valence-corrected chi connectivity index (χ4v) is 3.04. The van der Waals surface area contributed by atoms with Crippen molar-refractivity contribution in [3.63, 3.8) is 0 Å². The van der Waals surface area contributed by atoms with Crippen LogP contribution in [0, 0.1) is 0 Å². The van der Waals surface area contributed by atoms with Gasteiger partial charge in [-0.3, -0.25) is 19.7 Å². The predicted molar refractivity (Wildman–Crippen MR) is 109 cm³/mol. The molecule has 0 aliphatic carbocycles. The number of carboxylic acids is 1. The minimum absolute atomic E-state index is 0.0295. The molecule has 5 nitrogen and oxygen atoms in total. The van der Waals surface area contributed by atoms with Crippen molar-refractivity contribution < 1.29 is 14.7 Å². The Kier molecular flexibility index (Phi) is 5.98. The molecule has 0 aliphatic rings. The number of hydrogen-bond donors (Lipinski definition) is 2. The Morgan fingerprint density at radius 1 is 1.00 bits per heavy atom. The van der Waals surface area contributed by atoms with Crippen LogP contribution in [0.1, 0.15) is 22.5 Å². The number of amides is 1. The molecule has 2 N–H and O–H groups in total. The van der Waals surface area contributed by atoms with E-state index in [0.717, 1.165) is 15.7 Å². The molecular formula is C20H16BrClN2O3. The zero-order valence-electron chi connectivity index (χ0n) is 14.2. The summed E-state index contributed by atoms with van der Waals surface area (Å²) in [5.41, 5.74) is 5.67. The molecule has 0 radical (unpaired) electrons. The van der Waals surface area contributed by atoms with Crippen LogP contribution in [0.25, 0.3) is 11.3 Å². The quantitative estimate of drug-likeness (QED) is 0.560. The van der Waals surface area contributed by atoms with E-state index in [1.807, 2.05) is 24.3 Å². The first-order valence-corrected chi connectivity index (χ1v) is 9.36. The molecule has 0 saturated carbocycles. The topological polar surface area (TPSA) is 71.3 Å². The maximum absolute atomic E-state index is 12.7. The van der Waals surface area contributed by atoms with Crippen molar-refractivity contribution in [3.8, 4) is 11.3 Å². The third kappa shape index (κ3) is 4.78. The second kappa shape index (κ2) is 8.41. The lowest BCUT2D eigenvalue weighted by Gasteiger charge is -2.15. The van der Waals surface area contributed by atoms with Crippen LogP contribution in [0.15, 0.2) is 65.1 Å². The zero-order valence-corrected chi connectivity index (χ0v) is 16.5. The molecule has 0 unspecified atom stereocenters. The number of carboxylic acid groups (broad SMARTS) is 1. The van der Waals surface area contributed by atoms with Gasteiger partial charge in [0.05, 0.1) is 12.1 Å². The Morgan fingerprint density at radius 3 is 2.30 bits per heavy atom. The van der Waals surface area contributed by atoms with Gasteiger partial charge in [-0.2, -0.15) is 0 Å². The first-order chi connectivity index (χ1) is 12.9. The Bertz CT molecular complexity index is 966. The van der Waals surface area contributed by atoms with Gasteiger partial charge in [-0.15, -0.1) is 0 Å². The van der Waals surface area contributed by atoms with E-state index in [4.69, 9.17) is 16.7 Å². The highest BCUT2D eigenvalue weighted by atomic mass is 79.9. The fraction of sp³-hybridized carbons (Fsp3) is 0.100. The molecule has 0 aliphatic heterocycles. The monoisotopic (exact) mass is 446 g/mol. The van der Waals surface area contributed by atoms with Crippen LogP contribution >= 0.6 is 27.5 Å². The lowest BCUT2D eigenvalue weighted by molar-refractivity contribution is -0.136. The summed E-state index contributed by atoms with van der Waals surface area (Å²) in [6, 6.07) is 17.9. The molecule has 0 spiro atoms. The van der Waals surface area contributed by atoms with Gasteiger partial charge in [0.25, 0.3) is 5.91 Å². The van der Waals surface area contributed by atoms with Crippen molar-refractivity contribution in [2.45, 2.75) is 12.8 Å². The van der Waals surface area contributed by atoms with E-state index in [2.05, 4.69) is 21.4 Å². The predicted octanol–water partition coefficient (Wildman–Crippen LogP) is 4.97. The van der Waals surface area contributed by atoms with Crippen LogP contribution in [0.4, 0.5) is 0 Å². The number of hydrogen-bond acceptors (Lipinski definition) is 2. The van der Waals surface area contributed by atoms with Crippen LogP contribution in [-0.2, 0) is 11.2 Å². The fourth-order valence-electron chi connectivity index (χ4n) is 2.65. The summed E-state index contributed by atoms with van der Waals surface area (Å²) < 4.78 is 2.51. The van der Waals surface area contributed by atoms with E-state index in [-0.39, 0.29) is 12.3 Å². The van der Waals surface area contributed by atoms with E-state index >= 15 is 0 Å². The minimum Gasteiger partial charge on any atom is -0.481 e. The van der Waals surface area contributed by atoms with E-state index in [0.29, 0.717) is 22.7 Å². The summed E-state index contributed by atoms with van der Waals surface area (Å²) in [6.45, 7) is 0. The van der Waals surface area contributed by atoms with Crippen LogP contribution in [0.3, 0.4) is 0 Å². The standard InChI is InChI=1S/C20H16BrClN2O3/c21-15-5-1-14(2-6-15)20(27)23-24-17(10-12-19(25)26)9-11-18(24)13-3-7-16(22)8-4-13/h1-9,11H,10,12H2,(H,23,27)(H,25,26). The largest absolute Gasteiger partial charge is 0.481 e. The second-order valence-corrected chi connectivity index (χ2v) is 7.25. The van der Waals surface area contributed by atoms with Gasteiger partial charge in [0.15, 0.2) is 0 Å². The summed E-state index contributed by atoms with van der Waals surface area (Å²) in [6.07, 6.45) is 0.266. The molecule has 3 aromatic rings. The second-order valence-electron chi connectivity index (χ2n) is 5.89. The molecule has 27 heavy (non-hydrogen) atoms. The van der Waals surface area contributed by atoms with Crippen molar-refractivity contribution in [2.24, 2.45) is 0 Å². The van der Waals surface area contributed by atoms with Crippen molar-refractivity contribution >= 4 is 39.4 Å². The highest BCUT2D eigenvalue weighted by Gasteiger charge is 2.15. The van der Waals surface area contributed by atoms with Crippen molar-refractivity contribution in [3.05, 3.63) is 81.4 Å². The van der Waals surface area contributed by atoms with Gasteiger partial charge in [-0.05, 0) is 48.5 Å². The first kappa shape index (κ1) is 19.2. The van der Waals surface area contributed by atoms with Gasteiger partial charge in [0.1, 0.15) is 0 Å². The number of carbonyl (C=O) groups excluding carboxylic acids is 1. The lowest BCUT2D eigenvalue weighted by Crippen LogP contribution is -2.25. The van der Waals surface area contributed by atoms with Crippen molar-refractivity contribution in [1.29, 1.82) is 0 Å². The van der Waals surface area contributed by atoms with Crippen LogP contribution in [0.2, 0.25) is 5.02 Å². The van der Waals surface area contributed by atoms with Crippen LogP contribution in [-0.4, -0.2) is 21.7 Å². The van der Waals surface area contributed by atoms with Gasteiger partial charge >= 0.3 is 5.97 Å². The third-order valence-corrected chi connectivity index (χ3v) is 4.80. The van der Waals surface area contributed by atoms with Crippen molar-refractivity contribution in [2.75, 3.05) is 5.43 Å². The maximum atomic E-state index is 12.7. The Morgan fingerprint density at radius 2 is 1.67 bits per heavy atom. The number of nitrogens with zero attached hydrogens (tertiary/aromatic N) is 1. The molecule has 1 heterocycles. The van der Waals surface area contributed by atoms with Crippen LogP contribution < -0.4 is 5.43 Å². The average molecular weight is 448 g/mol. The lowest BCUT2D eigenvalue weighted by atomic mass is 10.1. The molecule has 0 atom stereocenters. The molecule has 2 aromatic carbocycles. The number of rotatable bonds is 6. The maximum Gasteiger partial charge on any atom is 0.303 e. The van der Waals surface area contributed by atoms with Gasteiger partial charge in [0, 0.05) is 32.7 Å². The van der Waals surface area contributed by atoms with E-state index < -0.39 is 5.97 Å². The van der Waals surface area contributed by atoms with E-state index in [1.54, 1.807) is 41.1 Å². The third-order valence-electron chi connectivity index (χ3n) is 4.02. The van der Waals surface area contributed by atoms with Gasteiger partial charge < -0.3 is 5.11 Å². The summed E-state index contributed by atoms with van der Waals surface area (Å²) >= 11 is 9.31. The highest BCUT2D eigenvalue weighted by Crippen LogP contribution is 2.24. The molecule has 1 aromatic heterocycles. The number of aromatic nitrogens is 1. The highest BCUT2D eigenvalue weighted by molar-refractivity contribution is 9.10. The number of halogens is 2. The molecule has 0 fully saturated rings. The number of aryl methyl sites for hydroxylation is 1. The van der Waals surface area contributed by atoms with Gasteiger partial charge in [-0.25, -0.2) is 0 Å². The summed E-state index contributed by atoms with van der Waals surface area (Å²) in [5.74, 6) is -1.18. The summed E-state index contributed by atoms with van der Waals surface area (Å²) in [5, 5.41) is 9.60. The molecule has 7 heteroatoms. The van der Waals surface area contributed by atoms with Crippen molar-refractivity contribution in [1.82, 2.24) is 4.68 Å². The first-order valence-electron chi connectivity index (χ1n) is 8.19. The SMILES string of the molecule is O=C(O)CCc1ccc(-c2ccc(Cl)cc2)n1NC(=O)c1ccc(Br)cc1. The molecule has 0 bridgehead atoms. The zero-order chi connectivity index (χ0) is 19.4. The summed E-state index contributed by atoms with van der Waals surface area (Å²) in [7, 11) is 0. The molecule has 0 saturated heterocycles. The van der Waals surface area contributed by atoms with E-state index in [1.165, 1.54) is 0 Å². The number of benzene rings is 2. The number of carbonyl (C=O) groups is 2. The molecule has 3 rings (SSSR count). The van der Waals surface area contributed by atoms with E-state index in [9.17, 15) is 9.59 Å². The number of aliphatic carboxylic acids is 1. The molecular weight excluding hydrogens is 432 g/mol. The Hall–Kier alpha value is -2.57.